The van der Waals surface area contributed by atoms with Gasteiger partial charge in [-0.1, -0.05) is 23.7 Å². The van der Waals surface area contributed by atoms with Crippen LogP contribution < -0.4 is 10.1 Å². The van der Waals surface area contributed by atoms with Crippen LogP contribution in [0.1, 0.15) is 32.4 Å². The summed E-state index contributed by atoms with van der Waals surface area (Å²) < 4.78 is 18.7. The number of nitrogens with one attached hydrogen (secondary N) is 1. The van der Waals surface area contributed by atoms with Crippen LogP contribution >= 0.6 is 11.6 Å². The zero-order valence-corrected chi connectivity index (χ0v) is 14.0. The first-order chi connectivity index (χ1) is 10.8. The van der Waals surface area contributed by atoms with Crippen molar-refractivity contribution in [1.29, 1.82) is 0 Å². The molecule has 0 bridgehead atoms. The predicted octanol–water partition coefficient (Wildman–Crippen LogP) is 4.51. The number of amides is 1. The standard InChI is InChI=1S/C18H19ClFNO2/c1-12(13-4-8-15(20)9-5-13)21-17(22)18(2,3)23-16-10-6-14(19)7-11-16/h4-12H,1-3H3,(H,21,22). The smallest absolute Gasteiger partial charge is 0.264 e. The molecule has 0 saturated carbocycles. The first kappa shape index (κ1) is 17.3. The summed E-state index contributed by atoms with van der Waals surface area (Å²) in [6.45, 7) is 5.21. The number of hydrogen-bond acceptors (Lipinski definition) is 2. The molecule has 0 aliphatic carbocycles. The van der Waals surface area contributed by atoms with Gasteiger partial charge in [0.1, 0.15) is 11.6 Å². The van der Waals surface area contributed by atoms with Crippen molar-refractivity contribution in [2.75, 3.05) is 0 Å². The molecule has 5 heteroatoms. The fourth-order valence-electron chi connectivity index (χ4n) is 2.05. The number of ether oxygens (including phenoxy) is 1. The molecule has 3 nitrogen and oxygen atoms in total. The lowest BCUT2D eigenvalue weighted by Gasteiger charge is -2.27. The highest BCUT2D eigenvalue weighted by Gasteiger charge is 2.31. The number of carbonyl (C=O) groups excluding carboxylic acids is 1. The van der Waals surface area contributed by atoms with E-state index in [1.54, 1.807) is 50.2 Å². The van der Waals surface area contributed by atoms with E-state index in [4.69, 9.17) is 16.3 Å². The summed E-state index contributed by atoms with van der Waals surface area (Å²) in [4.78, 5) is 12.5. The zero-order valence-electron chi connectivity index (χ0n) is 13.3. The van der Waals surface area contributed by atoms with Gasteiger partial charge in [-0.15, -0.1) is 0 Å². The minimum absolute atomic E-state index is 0.254. The molecule has 1 unspecified atom stereocenters. The number of carbonyl (C=O) groups is 1. The molecule has 0 heterocycles. The van der Waals surface area contributed by atoms with Crippen LogP contribution in [0.5, 0.6) is 5.75 Å². The SMILES string of the molecule is CC(NC(=O)C(C)(C)Oc1ccc(Cl)cc1)c1ccc(F)cc1. The van der Waals surface area contributed by atoms with E-state index in [9.17, 15) is 9.18 Å². The van der Waals surface area contributed by atoms with E-state index in [-0.39, 0.29) is 17.8 Å². The third kappa shape index (κ3) is 4.70. The van der Waals surface area contributed by atoms with Crippen LogP contribution in [0.3, 0.4) is 0 Å². The molecule has 0 aromatic heterocycles. The normalized spacial score (nSPS) is 12.6. The Labute approximate surface area is 140 Å². The van der Waals surface area contributed by atoms with Gasteiger partial charge in [0.2, 0.25) is 0 Å². The highest BCUT2D eigenvalue weighted by molar-refractivity contribution is 6.30. The Hall–Kier alpha value is -2.07. The van der Waals surface area contributed by atoms with Crippen molar-refractivity contribution in [2.24, 2.45) is 0 Å². The van der Waals surface area contributed by atoms with Gasteiger partial charge in [0.25, 0.3) is 5.91 Å². The number of benzene rings is 2. The van der Waals surface area contributed by atoms with Crippen molar-refractivity contribution in [1.82, 2.24) is 5.32 Å². The topological polar surface area (TPSA) is 38.3 Å². The summed E-state index contributed by atoms with van der Waals surface area (Å²) in [6, 6.07) is 12.6. The lowest BCUT2D eigenvalue weighted by molar-refractivity contribution is -0.134. The first-order valence-corrected chi connectivity index (χ1v) is 7.67. The Morgan fingerprint density at radius 2 is 1.70 bits per heavy atom. The van der Waals surface area contributed by atoms with Crippen molar-refractivity contribution in [2.45, 2.75) is 32.4 Å². The number of rotatable bonds is 5. The predicted molar refractivity (Wildman–Crippen MR) is 89.1 cm³/mol. The van der Waals surface area contributed by atoms with Crippen molar-refractivity contribution >= 4 is 17.5 Å². The monoisotopic (exact) mass is 335 g/mol. The molecular weight excluding hydrogens is 317 g/mol. The number of hydrogen-bond donors (Lipinski definition) is 1. The molecule has 2 aromatic carbocycles. The van der Waals surface area contributed by atoms with E-state index in [0.29, 0.717) is 10.8 Å². The summed E-state index contributed by atoms with van der Waals surface area (Å²) in [5, 5.41) is 3.48. The fraction of sp³-hybridized carbons (Fsp3) is 0.278. The lowest BCUT2D eigenvalue weighted by Crippen LogP contribution is -2.47. The molecule has 2 aromatic rings. The van der Waals surface area contributed by atoms with Gasteiger partial charge in [-0.3, -0.25) is 4.79 Å². The van der Waals surface area contributed by atoms with Crippen LogP contribution in [0.25, 0.3) is 0 Å². The molecule has 122 valence electrons. The van der Waals surface area contributed by atoms with Gasteiger partial charge >= 0.3 is 0 Å². The molecule has 1 N–H and O–H groups in total. The molecule has 0 radical (unpaired) electrons. The highest BCUT2D eigenvalue weighted by Crippen LogP contribution is 2.22. The summed E-state index contributed by atoms with van der Waals surface area (Å²) >= 11 is 5.83. The van der Waals surface area contributed by atoms with E-state index in [0.717, 1.165) is 5.56 Å². The Morgan fingerprint density at radius 3 is 2.26 bits per heavy atom. The van der Waals surface area contributed by atoms with Gasteiger partial charge in [0.15, 0.2) is 5.60 Å². The average Bonchev–Trinajstić information content (AvgIpc) is 2.50. The largest absolute Gasteiger partial charge is 0.478 e. The van der Waals surface area contributed by atoms with Gasteiger partial charge in [-0.2, -0.15) is 0 Å². The van der Waals surface area contributed by atoms with E-state index in [1.807, 2.05) is 6.92 Å². The van der Waals surface area contributed by atoms with Gasteiger partial charge in [-0.25, -0.2) is 4.39 Å². The second kappa shape index (κ2) is 7.01. The summed E-state index contributed by atoms with van der Waals surface area (Å²) in [7, 11) is 0. The fourth-order valence-corrected chi connectivity index (χ4v) is 2.17. The van der Waals surface area contributed by atoms with Crippen LogP contribution in [0.4, 0.5) is 4.39 Å². The molecule has 0 aliphatic heterocycles. The van der Waals surface area contributed by atoms with E-state index >= 15 is 0 Å². The summed E-state index contributed by atoms with van der Waals surface area (Å²) in [5.41, 5.74) is -0.232. The Balaban J connectivity index is 2.02. The third-order valence-corrected chi connectivity index (χ3v) is 3.70. The zero-order chi connectivity index (χ0) is 17.0. The van der Waals surface area contributed by atoms with E-state index < -0.39 is 5.60 Å². The maximum absolute atomic E-state index is 13.0. The molecule has 0 spiro atoms. The maximum Gasteiger partial charge on any atom is 0.264 e. The quantitative estimate of drug-likeness (QED) is 0.872. The summed E-state index contributed by atoms with van der Waals surface area (Å²) in [6.07, 6.45) is 0. The third-order valence-electron chi connectivity index (χ3n) is 3.45. The highest BCUT2D eigenvalue weighted by atomic mass is 35.5. The molecule has 2 rings (SSSR count). The van der Waals surface area contributed by atoms with Gasteiger partial charge < -0.3 is 10.1 Å². The van der Waals surface area contributed by atoms with Crippen LogP contribution in [-0.4, -0.2) is 11.5 Å². The summed E-state index contributed by atoms with van der Waals surface area (Å²) in [5.74, 6) is -0.00746. The van der Waals surface area contributed by atoms with Crippen LogP contribution in [0, 0.1) is 5.82 Å². The Morgan fingerprint density at radius 1 is 1.13 bits per heavy atom. The average molecular weight is 336 g/mol. The molecule has 0 aliphatic rings. The van der Waals surface area contributed by atoms with Gasteiger partial charge in [-0.05, 0) is 62.7 Å². The van der Waals surface area contributed by atoms with Crippen molar-refractivity contribution in [3.63, 3.8) is 0 Å². The molecule has 0 saturated heterocycles. The molecule has 1 atom stereocenters. The molecule has 0 fully saturated rings. The van der Waals surface area contributed by atoms with Crippen LogP contribution in [0.15, 0.2) is 48.5 Å². The van der Waals surface area contributed by atoms with Crippen LogP contribution in [-0.2, 0) is 4.79 Å². The van der Waals surface area contributed by atoms with Crippen LogP contribution in [0.2, 0.25) is 5.02 Å². The Kier molecular flexibility index (Phi) is 5.26. The maximum atomic E-state index is 13.0. The van der Waals surface area contributed by atoms with Crippen molar-refractivity contribution in [3.8, 4) is 5.75 Å². The minimum atomic E-state index is -1.05. The first-order valence-electron chi connectivity index (χ1n) is 7.29. The number of halogens is 2. The van der Waals surface area contributed by atoms with Gasteiger partial charge in [0.05, 0.1) is 6.04 Å². The molecular formula is C18H19ClFNO2. The van der Waals surface area contributed by atoms with Crippen molar-refractivity contribution in [3.05, 3.63) is 64.9 Å². The minimum Gasteiger partial charge on any atom is -0.478 e. The van der Waals surface area contributed by atoms with E-state index in [1.165, 1.54) is 12.1 Å². The van der Waals surface area contributed by atoms with E-state index in [2.05, 4.69) is 5.32 Å². The Bertz CT molecular complexity index is 668. The lowest BCUT2D eigenvalue weighted by atomic mass is 10.0. The molecule has 1 amide bonds. The second-order valence-corrected chi connectivity index (χ2v) is 6.25. The van der Waals surface area contributed by atoms with Gasteiger partial charge in [0, 0.05) is 5.02 Å². The molecule has 23 heavy (non-hydrogen) atoms. The second-order valence-electron chi connectivity index (χ2n) is 5.81. The van der Waals surface area contributed by atoms with Crippen molar-refractivity contribution < 1.29 is 13.9 Å².